The van der Waals surface area contributed by atoms with Crippen molar-refractivity contribution in [1.29, 1.82) is 5.26 Å². The van der Waals surface area contributed by atoms with E-state index in [1.54, 1.807) is 47.8 Å². The molecule has 0 spiro atoms. The van der Waals surface area contributed by atoms with Crippen molar-refractivity contribution in [1.82, 2.24) is 4.98 Å². The van der Waals surface area contributed by atoms with E-state index in [1.807, 2.05) is 6.07 Å². The van der Waals surface area contributed by atoms with Gasteiger partial charge in [0.1, 0.15) is 11.6 Å². The van der Waals surface area contributed by atoms with Gasteiger partial charge < -0.3 is 5.32 Å². The summed E-state index contributed by atoms with van der Waals surface area (Å²) in [7, 11) is 0. The molecule has 1 N–H and O–H groups in total. The highest BCUT2D eigenvalue weighted by atomic mass is 35.5. The number of nitrogens with zero attached hydrogens (tertiary/aromatic N) is 3. The molecule has 6 nitrogen and oxygen atoms in total. The molecule has 0 fully saturated rings. The van der Waals surface area contributed by atoms with E-state index in [9.17, 15) is 14.9 Å². The zero-order valence-corrected chi connectivity index (χ0v) is 19.0. The summed E-state index contributed by atoms with van der Waals surface area (Å²) in [5.74, 6) is -0.955. The van der Waals surface area contributed by atoms with Gasteiger partial charge in [0, 0.05) is 17.3 Å². The van der Waals surface area contributed by atoms with Crippen LogP contribution in [0.2, 0.25) is 15.1 Å². The highest BCUT2D eigenvalue weighted by Crippen LogP contribution is 2.32. The fourth-order valence-electron chi connectivity index (χ4n) is 2.58. The Balaban J connectivity index is 1.88. The van der Waals surface area contributed by atoms with E-state index in [0.717, 1.165) is 0 Å². The first-order chi connectivity index (χ1) is 14.8. The van der Waals surface area contributed by atoms with Gasteiger partial charge in [-0.25, -0.2) is 4.98 Å². The van der Waals surface area contributed by atoms with Crippen LogP contribution in [0.4, 0.5) is 16.5 Å². The van der Waals surface area contributed by atoms with Gasteiger partial charge in [-0.15, -0.1) is 11.3 Å². The van der Waals surface area contributed by atoms with E-state index in [0.29, 0.717) is 21.5 Å². The second kappa shape index (κ2) is 9.94. The number of para-hydroxylation sites is 1. The minimum atomic E-state index is -0.690. The Morgan fingerprint density at radius 1 is 1.16 bits per heavy atom. The molecule has 2 amide bonds. The van der Waals surface area contributed by atoms with Crippen molar-refractivity contribution in [3.05, 3.63) is 74.2 Å². The predicted octanol–water partition coefficient (Wildman–Crippen LogP) is 6.33. The molecule has 2 aromatic carbocycles. The Morgan fingerprint density at radius 2 is 1.84 bits per heavy atom. The van der Waals surface area contributed by atoms with E-state index in [1.165, 1.54) is 29.2 Å². The Labute approximate surface area is 197 Å². The molecular weight excluding hydrogens is 479 g/mol. The fourth-order valence-corrected chi connectivity index (χ4v) is 4.10. The number of carbonyl (C=O) groups excluding carboxylic acids is 2. The SMILES string of the molecule is CC(=O)N(c1cccc(Cl)c1)c1nc(/C=C(\C#N)C(=O)Nc2c(Cl)cccc2Cl)cs1. The summed E-state index contributed by atoms with van der Waals surface area (Å²) in [6.45, 7) is 1.40. The van der Waals surface area contributed by atoms with E-state index in [4.69, 9.17) is 34.8 Å². The lowest BCUT2D eigenvalue weighted by Gasteiger charge is -2.18. The lowest BCUT2D eigenvalue weighted by molar-refractivity contribution is -0.116. The fraction of sp³-hybridized carbons (Fsp3) is 0.0476. The van der Waals surface area contributed by atoms with Crippen LogP contribution in [-0.2, 0) is 9.59 Å². The van der Waals surface area contributed by atoms with Crippen molar-refractivity contribution in [2.75, 3.05) is 10.2 Å². The summed E-state index contributed by atoms with van der Waals surface area (Å²) in [6.07, 6.45) is 1.32. The molecule has 1 heterocycles. The monoisotopic (exact) mass is 490 g/mol. The van der Waals surface area contributed by atoms with Gasteiger partial charge in [0.05, 0.1) is 27.1 Å². The topological polar surface area (TPSA) is 86.1 Å². The maximum atomic E-state index is 12.5. The molecule has 0 saturated heterocycles. The van der Waals surface area contributed by atoms with Crippen LogP contribution in [0.15, 0.2) is 53.4 Å². The normalized spacial score (nSPS) is 11.0. The van der Waals surface area contributed by atoms with Crippen LogP contribution < -0.4 is 10.2 Å². The van der Waals surface area contributed by atoms with Gasteiger partial charge in [-0.1, -0.05) is 46.9 Å². The number of nitriles is 1. The van der Waals surface area contributed by atoms with Crippen molar-refractivity contribution in [3.8, 4) is 6.07 Å². The van der Waals surface area contributed by atoms with Gasteiger partial charge >= 0.3 is 0 Å². The van der Waals surface area contributed by atoms with Gasteiger partial charge in [-0.3, -0.25) is 14.5 Å². The van der Waals surface area contributed by atoms with Crippen LogP contribution in [-0.4, -0.2) is 16.8 Å². The first-order valence-corrected chi connectivity index (χ1v) is 10.7. The molecule has 0 aliphatic rings. The number of rotatable bonds is 5. The lowest BCUT2D eigenvalue weighted by atomic mass is 10.2. The third kappa shape index (κ3) is 5.43. The number of amides is 2. The third-order valence-corrected chi connectivity index (χ3v) is 5.65. The molecule has 0 bridgehead atoms. The first kappa shape index (κ1) is 22.8. The van der Waals surface area contributed by atoms with Gasteiger partial charge in [0.2, 0.25) is 5.91 Å². The van der Waals surface area contributed by atoms with Crippen molar-refractivity contribution in [2.24, 2.45) is 0 Å². The van der Waals surface area contributed by atoms with Crippen LogP contribution in [0, 0.1) is 11.3 Å². The summed E-state index contributed by atoms with van der Waals surface area (Å²) in [5, 5.41) is 14.9. The molecule has 0 saturated carbocycles. The van der Waals surface area contributed by atoms with Crippen LogP contribution in [0.25, 0.3) is 6.08 Å². The number of carbonyl (C=O) groups is 2. The number of anilines is 3. The van der Waals surface area contributed by atoms with Crippen LogP contribution >= 0.6 is 46.1 Å². The Hall–Kier alpha value is -2.89. The number of thiazole rings is 1. The summed E-state index contributed by atoms with van der Waals surface area (Å²) < 4.78 is 0. The van der Waals surface area contributed by atoms with Crippen molar-refractivity contribution in [2.45, 2.75) is 6.92 Å². The van der Waals surface area contributed by atoms with Crippen LogP contribution in [0.5, 0.6) is 0 Å². The van der Waals surface area contributed by atoms with E-state index in [-0.39, 0.29) is 27.2 Å². The maximum Gasteiger partial charge on any atom is 0.266 e. The number of halogens is 3. The number of nitrogens with one attached hydrogen (secondary N) is 1. The van der Waals surface area contributed by atoms with Crippen molar-refractivity contribution >= 4 is 80.5 Å². The summed E-state index contributed by atoms with van der Waals surface area (Å²) in [5.41, 5.74) is 0.895. The molecular formula is C21H13Cl3N4O2S. The summed E-state index contributed by atoms with van der Waals surface area (Å²) in [4.78, 5) is 30.5. The Kier molecular flexibility index (Phi) is 7.31. The minimum absolute atomic E-state index is 0.204. The minimum Gasteiger partial charge on any atom is -0.319 e. The number of hydrogen-bond donors (Lipinski definition) is 1. The average Bonchev–Trinajstić information content (AvgIpc) is 3.16. The highest BCUT2D eigenvalue weighted by Gasteiger charge is 2.19. The highest BCUT2D eigenvalue weighted by molar-refractivity contribution is 7.14. The second-order valence-corrected chi connectivity index (χ2v) is 8.20. The molecule has 0 radical (unpaired) electrons. The third-order valence-electron chi connectivity index (χ3n) is 3.94. The number of aromatic nitrogens is 1. The lowest BCUT2D eigenvalue weighted by Crippen LogP contribution is -2.22. The standard InChI is InChI=1S/C21H13Cl3N4O2S/c1-12(29)28(16-5-2-4-14(22)9-16)21-26-15(11-31-21)8-13(10-25)20(30)27-19-17(23)6-3-7-18(19)24/h2-9,11H,1H3,(H,27,30)/b13-8+. The van der Waals surface area contributed by atoms with Crippen LogP contribution in [0.3, 0.4) is 0 Å². The second-order valence-electron chi connectivity index (χ2n) is 6.11. The zero-order chi connectivity index (χ0) is 22.5. The zero-order valence-electron chi connectivity index (χ0n) is 15.9. The van der Waals surface area contributed by atoms with Gasteiger partial charge in [-0.05, 0) is 36.4 Å². The number of benzene rings is 2. The molecule has 156 valence electrons. The van der Waals surface area contributed by atoms with Crippen LogP contribution in [0.1, 0.15) is 12.6 Å². The summed E-state index contributed by atoms with van der Waals surface area (Å²) in [6, 6.07) is 13.4. The molecule has 0 aliphatic carbocycles. The van der Waals surface area contributed by atoms with E-state index < -0.39 is 5.91 Å². The molecule has 10 heteroatoms. The predicted molar refractivity (Wildman–Crippen MR) is 125 cm³/mol. The van der Waals surface area contributed by atoms with Crippen molar-refractivity contribution < 1.29 is 9.59 Å². The molecule has 31 heavy (non-hydrogen) atoms. The molecule has 0 unspecified atom stereocenters. The first-order valence-electron chi connectivity index (χ1n) is 8.69. The largest absolute Gasteiger partial charge is 0.319 e. The van der Waals surface area contributed by atoms with Gasteiger partial charge in [0.25, 0.3) is 5.91 Å². The Bertz CT molecular complexity index is 1210. The smallest absolute Gasteiger partial charge is 0.266 e. The maximum absolute atomic E-state index is 12.5. The van der Waals surface area contributed by atoms with Gasteiger partial charge in [-0.2, -0.15) is 5.26 Å². The quantitative estimate of drug-likeness (QED) is 0.333. The molecule has 3 aromatic rings. The van der Waals surface area contributed by atoms with Gasteiger partial charge in [0.15, 0.2) is 5.13 Å². The Morgan fingerprint density at radius 3 is 2.45 bits per heavy atom. The van der Waals surface area contributed by atoms with Crippen molar-refractivity contribution in [3.63, 3.8) is 0 Å². The van der Waals surface area contributed by atoms with E-state index >= 15 is 0 Å². The summed E-state index contributed by atoms with van der Waals surface area (Å²) >= 11 is 19.3. The molecule has 3 rings (SSSR count). The molecule has 1 aromatic heterocycles. The van der Waals surface area contributed by atoms with E-state index in [2.05, 4.69) is 10.3 Å². The molecule has 0 aliphatic heterocycles. The average molecular weight is 492 g/mol. The molecule has 0 atom stereocenters. The number of hydrogen-bond acceptors (Lipinski definition) is 5.